The van der Waals surface area contributed by atoms with Crippen molar-refractivity contribution in [3.05, 3.63) is 52.3 Å². The van der Waals surface area contributed by atoms with Gasteiger partial charge in [-0.25, -0.2) is 0 Å². The summed E-state index contributed by atoms with van der Waals surface area (Å²) in [6.45, 7) is 0.244. The lowest BCUT2D eigenvalue weighted by Gasteiger charge is -2.01. The summed E-state index contributed by atoms with van der Waals surface area (Å²) in [6, 6.07) is 11.8. The first-order chi connectivity index (χ1) is 11.9. The van der Waals surface area contributed by atoms with E-state index in [0.717, 1.165) is 15.1 Å². The van der Waals surface area contributed by atoms with Gasteiger partial charge in [0.05, 0.1) is 21.7 Å². The molecule has 2 aromatic carbocycles. The van der Waals surface area contributed by atoms with Crippen LogP contribution in [0.15, 0.2) is 56.7 Å². The normalized spacial score (nSPS) is 12.4. The van der Waals surface area contributed by atoms with Gasteiger partial charge in [-0.05, 0) is 48.7 Å². The zero-order chi connectivity index (χ0) is 18.0. The van der Waals surface area contributed by atoms with Gasteiger partial charge in [0, 0.05) is 9.92 Å². The van der Waals surface area contributed by atoms with Crippen molar-refractivity contribution >= 4 is 54.9 Å². The van der Waals surface area contributed by atoms with E-state index >= 15 is 0 Å². The second kappa shape index (κ2) is 7.26. The van der Waals surface area contributed by atoms with Crippen LogP contribution in [0.1, 0.15) is 0 Å². The van der Waals surface area contributed by atoms with E-state index in [1.54, 1.807) is 16.3 Å². The maximum absolute atomic E-state index is 12.6. The molecule has 8 heteroatoms. The van der Waals surface area contributed by atoms with Crippen LogP contribution in [0.4, 0.5) is 0 Å². The third-order valence-electron chi connectivity index (χ3n) is 3.45. The molecule has 0 fully saturated rings. The average molecular weight is 409 g/mol. The van der Waals surface area contributed by atoms with Crippen molar-refractivity contribution in [1.82, 2.24) is 4.57 Å². The van der Waals surface area contributed by atoms with E-state index in [4.69, 9.17) is 18.0 Å². The fourth-order valence-electron chi connectivity index (χ4n) is 2.26. The monoisotopic (exact) mass is 408 g/mol. The molecule has 0 saturated carbocycles. The Morgan fingerprint density at radius 3 is 2.64 bits per heavy atom. The maximum Gasteiger partial charge on any atom is 0.285 e. The first kappa shape index (κ1) is 18.1. The van der Waals surface area contributed by atoms with E-state index in [0.29, 0.717) is 9.82 Å². The molecular weight excluding hydrogens is 396 g/mol. The number of sulfonamides is 1. The van der Waals surface area contributed by atoms with Crippen LogP contribution in [0.5, 0.6) is 0 Å². The predicted octanol–water partition coefficient (Wildman–Crippen LogP) is 4.00. The smallest absolute Gasteiger partial charge is 0.285 e. The quantitative estimate of drug-likeness (QED) is 0.484. The average Bonchev–Trinajstić information content (AvgIpc) is 2.91. The molecule has 0 aliphatic carbocycles. The molecule has 3 rings (SSSR count). The molecular formula is C17H13ClN2O2S3. The highest BCUT2D eigenvalue weighted by Crippen LogP contribution is 2.24. The number of fused-ring (bicyclic) bond motifs is 1. The number of nitrogens with zero attached hydrogens (tertiary/aromatic N) is 2. The predicted molar refractivity (Wildman–Crippen MR) is 105 cm³/mol. The molecule has 0 unspecified atom stereocenters. The zero-order valence-corrected chi connectivity index (χ0v) is 16.3. The molecule has 0 amide bonds. The largest absolute Gasteiger partial charge is 0.304 e. The van der Waals surface area contributed by atoms with Gasteiger partial charge in [0.25, 0.3) is 10.0 Å². The van der Waals surface area contributed by atoms with Crippen LogP contribution in [0, 0.1) is 12.3 Å². The van der Waals surface area contributed by atoms with E-state index in [-0.39, 0.29) is 11.4 Å². The minimum atomic E-state index is -3.85. The van der Waals surface area contributed by atoms with Gasteiger partial charge in [-0.15, -0.1) is 22.6 Å². The summed E-state index contributed by atoms with van der Waals surface area (Å²) in [7, 11) is -3.85. The molecule has 25 heavy (non-hydrogen) atoms. The minimum absolute atomic E-state index is 0.0893. The van der Waals surface area contributed by atoms with Crippen LogP contribution >= 0.6 is 34.7 Å². The lowest BCUT2D eigenvalue weighted by atomic mass is 10.3. The Bertz CT molecular complexity index is 1140. The van der Waals surface area contributed by atoms with E-state index < -0.39 is 10.0 Å². The number of benzene rings is 2. The number of hydrogen-bond acceptors (Lipinski definition) is 4. The van der Waals surface area contributed by atoms with Gasteiger partial charge in [-0.3, -0.25) is 0 Å². The van der Waals surface area contributed by atoms with Crippen molar-refractivity contribution in [2.45, 2.75) is 16.3 Å². The molecule has 4 nitrogen and oxygen atoms in total. The third kappa shape index (κ3) is 3.77. The van der Waals surface area contributed by atoms with Crippen molar-refractivity contribution in [2.75, 3.05) is 6.26 Å². The highest BCUT2D eigenvalue weighted by Gasteiger charge is 2.14. The van der Waals surface area contributed by atoms with E-state index in [1.807, 2.05) is 24.5 Å². The summed E-state index contributed by atoms with van der Waals surface area (Å²) in [5.41, 5.74) is 0.866. The SMILES string of the molecule is C#CCn1/c(=N/S(=O)(=O)c2ccc(Cl)cc2)sc2cc(SC)ccc21. The Kier molecular flexibility index (Phi) is 5.25. The molecule has 1 heterocycles. The first-order valence-corrected chi connectivity index (χ1v) is 11.0. The number of thiazole rings is 1. The second-order valence-corrected chi connectivity index (χ2v) is 8.96. The van der Waals surface area contributed by atoms with Crippen LogP contribution in [0.25, 0.3) is 10.2 Å². The van der Waals surface area contributed by atoms with Crippen molar-refractivity contribution in [2.24, 2.45) is 4.40 Å². The summed E-state index contributed by atoms with van der Waals surface area (Å²) in [6.07, 6.45) is 7.44. The van der Waals surface area contributed by atoms with Crippen LogP contribution in [0.2, 0.25) is 5.02 Å². The Labute approximate surface area is 159 Å². The summed E-state index contributed by atoms with van der Waals surface area (Å²) in [4.78, 5) is 1.53. The van der Waals surface area contributed by atoms with Crippen molar-refractivity contribution in [3.8, 4) is 12.3 Å². The maximum atomic E-state index is 12.6. The molecule has 0 saturated heterocycles. The first-order valence-electron chi connectivity index (χ1n) is 7.12. The van der Waals surface area contributed by atoms with Gasteiger partial charge in [-0.1, -0.05) is 28.9 Å². The molecule has 3 aromatic rings. The lowest BCUT2D eigenvalue weighted by molar-refractivity contribution is 0.596. The number of terminal acetylenes is 1. The van der Waals surface area contributed by atoms with Gasteiger partial charge in [0.1, 0.15) is 0 Å². The van der Waals surface area contributed by atoms with Crippen LogP contribution in [-0.2, 0) is 16.6 Å². The van der Waals surface area contributed by atoms with Gasteiger partial charge >= 0.3 is 0 Å². The van der Waals surface area contributed by atoms with Crippen LogP contribution in [0.3, 0.4) is 0 Å². The molecule has 0 bridgehead atoms. The van der Waals surface area contributed by atoms with E-state index in [2.05, 4.69) is 10.3 Å². The fraction of sp³-hybridized carbons (Fsp3) is 0.118. The Hall–Kier alpha value is -1.72. The Morgan fingerprint density at radius 2 is 2.00 bits per heavy atom. The Morgan fingerprint density at radius 1 is 1.28 bits per heavy atom. The number of thioether (sulfide) groups is 1. The van der Waals surface area contributed by atoms with Gasteiger partial charge in [0.2, 0.25) is 4.80 Å². The topological polar surface area (TPSA) is 51.4 Å². The van der Waals surface area contributed by atoms with Gasteiger partial charge < -0.3 is 4.57 Å². The summed E-state index contributed by atoms with van der Waals surface area (Å²) in [5.74, 6) is 2.56. The molecule has 128 valence electrons. The highest BCUT2D eigenvalue weighted by molar-refractivity contribution is 7.98. The minimum Gasteiger partial charge on any atom is -0.304 e. The lowest BCUT2D eigenvalue weighted by Crippen LogP contribution is -2.16. The summed E-state index contributed by atoms with van der Waals surface area (Å²) >= 11 is 8.74. The number of hydrogen-bond donors (Lipinski definition) is 0. The zero-order valence-electron chi connectivity index (χ0n) is 13.1. The molecule has 0 aliphatic rings. The van der Waals surface area contributed by atoms with Gasteiger partial charge in [-0.2, -0.15) is 8.42 Å². The Balaban J connectivity index is 2.22. The standard InChI is InChI=1S/C17H13ClN2O2S3/c1-3-10-20-15-9-6-13(23-2)11-16(15)24-17(20)19-25(21,22)14-7-4-12(18)5-8-14/h1,4-9,11H,10H2,2H3/b19-17-. The fourth-order valence-corrected chi connectivity index (χ4v) is 5.17. The highest BCUT2D eigenvalue weighted by atomic mass is 35.5. The molecule has 0 radical (unpaired) electrons. The van der Waals surface area contributed by atoms with E-state index in [1.165, 1.54) is 35.6 Å². The summed E-state index contributed by atoms with van der Waals surface area (Å²) < 4.78 is 31.9. The summed E-state index contributed by atoms with van der Waals surface area (Å²) in [5, 5.41) is 0.466. The van der Waals surface area contributed by atoms with Crippen molar-refractivity contribution < 1.29 is 8.42 Å². The van der Waals surface area contributed by atoms with E-state index in [9.17, 15) is 8.42 Å². The van der Waals surface area contributed by atoms with Crippen LogP contribution in [-0.4, -0.2) is 19.2 Å². The number of rotatable bonds is 4. The molecule has 1 aromatic heterocycles. The number of aromatic nitrogens is 1. The third-order valence-corrected chi connectivity index (χ3v) is 6.86. The van der Waals surface area contributed by atoms with Crippen molar-refractivity contribution in [1.29, 1.82) is 0 Å². The number of halogens is 1. The van der Waals surface area contributed by atoms with Gasteiger partial charge in [0.15, 0.2) is 0 Å². The molecule has 0 N–H and O–H groups in total. The molecule has 0 spiro atoms. The van der Waals surface area contributed by atoms with Crippen LogP contribution < -0.4 is 4.80 Å². The molecule has 0 atom stereocenters. The molecule has 0 aliphatic heterocycles. The second-order valence-electron chi connectivity index (χ2n) is 5.03. The van der Waals surface area contributed by atoms with Crippen molar-refractivity contribution in [3.63, 3.8) is 0 Å².